The van der Waals surface area contributed by atoms with Crippen molar-refractivity contribution >= 4 is 34.9 Å². The molecule has 3 rings (SSSR count). The Morgan fingerprint density at radius 1 is 1.19 bits per heavy atom. The molecule has 1 amide bonds. The number of carbonyl (C=O) groups excluding carboxylic acids is 2. The van der Waals surface area contributed by atoms with E-state index >= 15 is 0 Å². The van der Waals surface area contributed by atoms with Crippen LogP contribution in [0.1, 0.15) is 59.5 Å². The summed E-state index contributed by atoms with van der Waals surface area (Å²) in [6.07, 6.45) is 0.561. The second kappa shape index (κ2) is 6.93. The van der Waals surface area contributed by atoms with Crippen LogP contribution in [0.4, 0.5) is 0 Å². The van der Waals surface area contributed by atoms with Gasteiger partial charge in [-0.2, -0.15) is 0 Å². The highest BCUT2D eigenvalue weighted by Gasteiger charge is 2.35. The van der Waals surface area contributed by atoms with Crippen molar-refractivity contribution in [2.24, 2.45) is 0 Å². The zero-order chi connectivity index (χ0) is 19.1. The van der Waals surface area contributed by atoms with E-state index in [0.717, 1.165) is 5.56 Å². The largest absolute Gasteiger partial charge is 0.487 e. The molecule has 2 aromatic rings. The molecule has 0 bridgehead atoms. The van der Waals surface area contributed by atoms with Crippen molar-refractivity contribution < 1.29 is 14.3 Å². The SMILES string of the molecule is CC(=O)c1ccc2c(c1)[C@H](NC(=O)c1cccc(Cl)c1Cl)CC(C)(C)O2. The van der Waals surface area contributed by atoms with Crippen LogP contribution in [-0.4, -0.2) is 17.3 Å². The molecule has 0 saturated carbocycles. The van der Waals surface area contributed by atoms with Crippen LogP contribution in [0.25, 0.3) is 0 Å². The van der Waals surface area contributed by atoms with E-state index in [9.17, 15) is 9.59 Å². The molecular formula is C20H19Cl2NO3. The predicted octanol–water partition coefficient (Wildman–Crippen LogP) is 5.23. The Hall–Kier alpha value is -2.04. The minimum Gasteiger partial charge on any atom is -0.487 e. The third-order valence-electron chi connectivity index (χ3n) is 4.38. The van der Waals surface area contributed by atoms with Crippen LogP contribution in [0.3, 0.4) is 0 Å². The number of ketones is 1. The van der Waals surface area contributed by atoms with Crippen molar-refractivity contribution in [3.05, 3.63) is 63.1 Å². The molecule has 0 fully saturated rings. The van der Waals surface area contributed by atoms with Crippen molar-refractivity contribution in [3.63, 3.8) is 0 Å². The number of hydrogen-bond acceptors (Lipinski definition) is 3. The maximum atomic E-state index is 12.8. The first-order valence-electron chi connectivity index (χ1n) is 8.27. The number of nitrogens with one attached hydrogen (secondary N) is 1. The third-order valence-corrected chi connectivity index (χ3v) is 5.19. The van der Waals surface area contributed by atoms with Crippen LogP contribution in [-0.2, 0) is 0 Å². The minimum atomic E-state index is -0.458. The Morgan fingerprint density at radius 3 is 2.62 bits per heavy atom. The molecule has 0 unspecified atom stereocenters. The standard InChI is InChI=1S/C20H19Cl2NO3/c1-11(24)12-7-8-17-14(9-12)16(10-20(2,3)26-17)23-19(25)13-5-4-6-15(21)18(13)22/h4-9,16H,10H2,1-3H3,(H,23,25)/t16-/m1/s1. The van der Waals surface area contributed by atoms with Crippen LogP contribution >= 0.6 is 23.2 Å². The van der Waals surface area contributed by atoms with Gasteiger partial charge in [0.25, 0.3) is 5.91 Å². The molecule has 1 aliphatic heterocycles. The van der Waals surface area contributed by atoms with E-state index in [0.29, 0.717) is 28.3 Å². The number of fused-ring (bicyclic) bond motifs is 1. The number of benzene rings is 2. The van der Waals surface area contributed by atoms with Gasteiger partial charge in [0.15, 0.2) is 5.78 Å². The average Bonchev–Trinajstić information content (AvgIpc) is 2.55. The number of halogens is 2. The Balaban J connectivity index is 1.97. The molecule has 0 spiro atoms. The Kier molecular flexibility index (Phi) is 5.00. The van der Waals surface area contributed by atoms with Crippen LogP contribution in [0, 0.1) is 0 Å². The number of hydrogen-bond donors (Lipinski definition) is 1. The molecular weight excluding hydrogens is 373 g/mol. The van der Waals surface area contributed by atoms with Crippen molar-refractivity contribution in [2.45, 2.75) is 38.8 Å². The summed E-state index contributed by atoms with van der Waals surface area (Å²) in [5, 5.41) is 3.55. The predicted molar refractivity (Wildman–Crippen MR) is 102 cm³/mol. The summed E-state index contributed by atoms with van der Waals surface area (Å²) in [6.45, 7) is 5.43. The topological polar surface area (TPSA) is 55.4 Å². The van der Waals surface area contributed by atoms with E-state index in [-0.39, 0.29) is 22.8 Å². The molecule has 1 atom stereocenters. The highest BCUT2D eigenvalue weighted by molar-refractivity contribution is 6.43. The van der Waals surface area contributed by atoms with E-state index in [2.05, 4.69) is 5.32 Å². The summed E-state index contributed by atoms with van der Waals surface area (Å²) in [7, 11) is 0. The van der Waals surface area contributed by atoms with Crippen molar-refractivity contribution in [3.8, 4) is 5.75 Å². The van der Waals surface area contributed by atoms with Gasteiger partial charge in [0, 0.05) is 17.5 Å². The Bertz CT molecular complexity index is 893. The van der Waals surface area contributed by atoms with Crippen molar-refractivity contribution in [1.29, 1.82) is 0 Å². The third kappa shape index (κ3) is 3.71. The maximum absolute atomic E-state index is 12.8. The summed E-state index contributed by atoms with van der Waals surface area (Å²) < 4.78 is 6.00. The lowest BCUT2D eigenvalue weighted by atomic mass is 9.88. The molecule has 0 aromatic heterocycles. The fourth-order valence-electron chi connectivity index (χ4n) is 3.12. The van der Waals surface area contributed by atoms with Gasteiger partial charge >= 0.3 is 0 Å². The molecule has 136 valence electrons. The van der Waals surface area contributed by atoms with E-state index < -0.39 is 5.60 Å². The normalized spacial score (nSPS) is 17.8. The number of rotatable bonds is 3. The number of carbonyl (C=O) groups is 2. The van der Waals surface area contributed by atoms with E-state index in [1.165, 1.54) is 6.92 Å². The smallest absolute Gasteiger partial charge is 0.253 e. The summed E-state index contributed by atoms with van der Waals surface area (Å²) >= 11 is 12.2. The molecule has 1 aliphatic rings. The van der Waals surface area contributed by atoms with Gasteiger partial charge in [0.2, 0.25) is 0 Å². The Labute approximate surface area is 162 Å². The van der Waals surface area contributed by atoms with Gasteiger partial charge < -0.3 is 10.1 Å². The van der Waals surface area contributed by atoms with Crippen molar-refractivity contribution in [2.75, 3.05) is 0 Å². The lowest BCUT2D eigenvalue weighted by Gasteiger charge is -2.38. The fourth-order valence-corrected chi connectivity index (χ4v) is 3.50. The molecule has 2 aromatic carbocycles. The summed E-state index contributed by atoms with van der Waals surface area (Å²) in [4.78, 5) is 24.5. The second-order valence-electron chi connectivity index (χ2n) is 7.00. The van der Waals surface area contributed by atoms with Crippen LogP contribution in [0.5, 0.6) is 5.75 Å². The molecule has 6 heteroatoms. The highest BCUT2D eigenvalue weighted by atomic mass is 35.5. The van der Waals surface area contributed by atoms with E-state index in [4.69, 9.17) is 27.9 Å². The molecule has 1 heterocycles. The zero-order valence-electron chi connectivity index (χ0n) is 14.7. The lowest BCUT2D eigenvalue weighted by molar-refractivity contribution is 0.0619. The van der Waals surface area contributed by atoms with Gasteiger partial charge in [-0.3, -0.25) is 9.59 Å². The van der Waals surface area contributed by atoms with E-state index in [1.807, 2.05) is 13.8 Å². The molecule has 4 nitrogen and oxygen atoms in total. The minimum absolute atomic E-state index is 0.0411. The summed E-state index contributed by atoms with van der Waals surface area (Å²) in [5.74, 6) is 0.300. The van der Waals surface area contributed by atoms with Crippen LogP contribution in [0.2, 0.25) is 10.0 Å². The first-order chi connectivity index (χ1) is 12.2. The first-order valence-corrected chi connectivity index (χ1v) is 9.02. The molecule has 26 heavy (non-hydrogen) atoms. The number of amides is 1. The average molecular weight is 392 g/mol. The van der Waals surface area contributed by atoms with Crippen LogP contribution < -0.4 is 10.1 Å². The molecule has 0 radical (unpaired) electrons. The van der Waals surface area contributed by atoms with Crippen molar-refractivity contribution in [1.82, 2.24) is 5.32 Å². The quantitative estimate of drug-likeness (QED) is 0.728. The highest BCUT2D eigenvalue weighted by Crippen LogP contribution is 2.40. The molecule has 1 N–H and O–H groups in total. The lowest BCUT2D eigenvalue weighted by Crippen LogP contribution is -2.41. The summed E-state index contributed by atoms with van der Waals surface area (Å²) in [6, 6.07) is 9.91. The van der Waals surface area contributed by atoms with Gasteiger partial charge in [0.05, 0.1) is 21.7 Å². The van der Waals surface area contributed by atoms with Crippen LogP contribution in [0.15, 0.2) is 36.4 Å². The monoisotopic (exact) mass is 391 g/mol. The molecule has 0 saturated heterocycles. The van der Waals surface area contributed by atoms with E-state index in [1.54, 1.807) is 36.4 Å². The van der Waals surface area contributed by atoms with Gasteiger partial charge in [-0.15, -0.1) is 0 Å². The van der Waals surface area contributed by atoms with Gasteiger partial charge in [-0.25, -0.2) is 0 Å². The fraction of sp³-hybridized carbons (Fsp3) is 0.300. The number of ether oxygens (including phenoxy) is 1. The first kappa shape index (κ1) is 18.7. The van der Waals surface area contributed by atoms with Gasteiger partial charge in [-0.05, 0) is 51.1 Å². The maximum Gasteiger partial charge on any atom is 0.253 e. The summed E-state index contributed by atoms with van der Waals surface area (Å²) in [5.41, 5.74) is 1.21. The number of Topliss-reactive ketones (excluding diaryl/α,β-unsaturated/α-hetero) is 1. The molecule has 0 aliphatic carbocycles. The van der Waals surface area contributed by atoms with Gasteiger partial charge in [-0.1, -0.05) is 29.3 Å². The second-order valence-corrected chi connectivity index (χ2v) is 7.79. The van der Waals surface area contributed by atoms with Gasteiger partial charge in [0.1, 0.15) is 11.4 Å². The Morgan fingerprint density at radius 2 is 1.92 bits per heavy atom. The zero-order valence-corrected chi connectivity index (χ0v) is 16.2.